The highest BCUT2D eigenvalue weighted by Crippen LogP contribution is 2.24. The predicted octanol–water partition coefficient (Wildman–Crippen LogP) is 1.53. The van der Waals surface area contributed by atoms with Crippen LogP contribution in [0.3, 0.4) is 0 Å². The van der Waals surface area contributed by atoms with Gasteiger partial charge in [0.15, 0.2) is 0 Å². The number of aromatic hydroxyl groups is 1. The van der Waals surface area contributed by atoms with Crippen molar-refractivity contribution in [2.75, 3.05) is 0 Å². The lowest BCUT2D eigenvalue weighted by atomic mass is 10.2. The zero-order chi connectivity index (χ0) is 15.0. The lowest BCUT2D eigenvalue weighted by Gasteiger charge is -2.04. The van der Waals surface area contributed by atoms with Gasteiger partial charge in [0.25, 0.3) is 5.69 Å². The molecule has 0 radical (unpaired) electrons. The molecule has 0 bridgehead atoms. The Morgan fingerprint density at radius 3 is 2.62 bits per heavy atom. The first-order valence-corrected chi connectivity index (χ1v) is 6.03. The van der Waals surface area contributed by atoms with Crippen molar-refractivity contribution in [1.29, 1.82) is 0 Å². The number of nitro benzene ring substituents is 1. The van der Waals surface area contributed by atoms with E-state index in [0.717, 1.165) is 0 Å². The largest absolute Gasteiger partial charge is 0.506 e. The molecule has 0 aliphatic heterocycles. The maximum absolute atomic E-state index is 10.7. The molecule has 106 valence electrons. The lowest BCUT2D eigenvalue weighted by molar-refractivity contribution is -0.384. The number of hydrogen-bond donors (Lipinski definition) is 2. The molecule has 3 aromatic rings. The highest BCUT2D eigenvalue weighted by atomic mass is 16.6. The summed E-state index contributed by atoms with van der Waals surface area (Å²) in [5.41, 5.74) is 1.62. The normalized spacial score (nSPS) is 10.9. The molecule has 0 aliphatic carbocycles. The van der Waals surface area contributed by atoms with E-state index in [1.54, 1.807) is 12.1 Å². The summed E-state index contributed by atoms with van der Waals surface area (Å²) in [5, 5.41) is 38.0. The summed E-state index contributed by atoms with van der Waals surface area (Å²) in [6.45, 7) is -0.181. The van der Waals surface area contributed by atoms with E-state index in [9.17, 15) is 15.2 Å². The number of rotatable bonds is 3. The summed E-state index contributed by atoms with van der Waals surface area (Å²) in [5.74, 6) is -0.0537. The van der Waals surface area contributed by atoms with Gasteiger partial charge in [0.2, 0.25) is 0 Å². The molecule has 0 fully saturated rings. The van der Waals surface area contributed by atoms with Crippen LogP contribution in [0.2, 0.25) is 0 Å². The molecule has 2 N–H and O–H groups in total. The second-order valence-corrected chi connectivity index (χ2v) is 4.40. The molecule has 0 atom stereocenters. The zero-order valence-electron chi connectivity index (χ0n) is 10.7. The van der Waals surface area contributed by atoms with Crippen molar-refractivity contribution >= 4 is 16.7 Å². The fourth-order valence-electron chi connectivity index (χ4n) is 1.95. The van der Waals surface area contributed by atoms with E-state index in [4.69, 9.17) is 5.11 Å². The van der Waals surface area contributed by atoms with Gasteiger partial charge in [0.05, 0.1) is 11.5 Å². The first-order valence-electron chi connectivity index (χ1n) is 6.03. The van der Waals surface area contributed by atoms with Crippen LogP contribution >= 0.6 is 0 Å². The second kappa shape index (κ2) is 4.84. The molecular formula is C13H10N4O4. The van der Waals surface area contributed by atoms with E-state index in [2.05, 4.69) is 10.2 Å². The fraction of sp³-hybridized carbons (Fsp3) is 0.0769. The summed E-state index contributed by atoms with van der Waals surface area (Å²) in [7, 11) is 0. The van der Waals surface area contributed by atoms with Crippen molar-refractivity contribution in [3.8, 4) is 11.4 Å². The first-order chi connectivity index (χ1) is 10.1. The van der Waals surface area contributed by atoms with E-state index in [-0.39, 0.29) is 18.0 Å². The van der Waals surface area contributed by atoms with Gasteiger partial charge >= 0.3 is 0 Å². The molecule has 0 spiro atoms. The quantitative estimate of drug-likeness (QED) is 0.557. The molecule has 0 aliphatic rings. The molecule has 21 heavy (non-hydrogen) atoms. The molecule has 8 nitrogen and oxygen atoms in total. The number of non-ortho nitro benzene ring substituents is 1. The smallest absolute Gasteiger partial charge is 0.271 e. The van der Waals surface area contributed by atoms with Gasteiger partial charge in [-0.1, -0.05) is 6.07 Å². The molecule has 3 rings (SSSR count). The number of aliphatic hydroxyl groups excluding tert-OH is 1. The van der Waals surface area contributed by atoms with Gasteiger partial charge in [-0.3, -0.25) is 10.1 Å². The minimum absolute atomic E-state index is 0.0537. The van der Waals surface area contributed by atoms with E-state index in [1.165, 1.54) is 29.1 Å². The summed E-state index contributed by atoms with van der Waals surface area (Å²) in [6.07, 6.45) is 0. The predicted molar refractivity (Wildman–Crippen MR) is 73.1 cm³/mol. The van der Waals surface area contributed by atoms with Gasteiger partial charge in [0, 0.05) is 12.1 Å². The average Bonchev–Trinajstić information content (AvgIpc) is 2.90. The topological polar surface area (TPSA) is 114 Å². The number of phenols is 1. The van der Waals surface area contributed by atoms with Crippen LogP contribution in [0.25, 0.3) is 16.7 Å². The number of fused-ring (bicyclic) bond motifs is 1. The Balaban J connectivity index is 2.15. The van der Waals surface area contributed by atoms with Crippen LogP contribution in [0.4, 0.5) is 5.69 Å². The maximum atomic E-state index is 10.7. The summed E-state index contributed by atoms with van der Waals surface area (Å²) >= 11 is 0. The molecule has 0 saturated carbocycles. The van der Waals surface area contributed by atoms with E-state index >= 15 is 0 Å². The average molecular weight is 286 g/mol. The number of phenolic OH excluding ortho intramolecular Hbond substituents is 1. The lowest BCUT2D eigenvalue weighted by Crippen LogP contribution is -2.00. The van der Waals surface area contributed by atoms with E-state index in [1.807, 2.05) is 0 Å². The van der Waals surface area contributed by atoms with Crippen molar-refractivity contribution < 1.29 is 15.1 Å². The van der Waals surface area contributed by atoms with Gasteiger partial charge in [-0.05, 0) is 23.8 Å². The van der Waals surface area contributed by atoms with Crippen LogP contribution in [0.1, 0.15) is 5.56 Å². The van der Waals surface area contributed by atoms with Crippen LogP contribution < -0.4 is 0 Å². The zero-order valence-corrected chi connectivity index (χ0v) is 10.7. The van der Waals surface area contributed by atoms with E-state index in [0.29, 0.717) is 22.3 Å². The van der Waals surface area contributed by atoms with Gasteiger partial charge < -0.3 is 10.2 Å². The summed E-state index contributed by atoms with van der Waals surface area (Å²) < 4.78 is 0. The van der Waals surface area contributed by atoms with Crippen molar-refractivity contribution in [1.82, 2.24) is 15.0 Å². The maximum Gasteiger partial charge on any atom is 0.271 e. The van der Waals surface area contributed by atoms with Crippen LogP contribution in [0, 0.1) is 10.1 Å². The molecular weight excluding hydrogens is 276 g/mol. The Labute approximate surface area is 118 Å². The second-order valence-electron chi connectivity index (χ2n) is 4.40. The molecule has 1 aromatic heterocycles. The number of aromatic nitrogens is 3. The van der Waals surface area contributed by atoms with Gasteiger partial charge in [0.1, 0.15) is 22.5 Å². The monoisotopic (exact) mass is 286 g/mol. The molecule has 8 heteroatoms. The Hall–Kier alpha value is -3.00. The highest BCUT2D eigenvalue weighted by molar-refractivity contribution is 5.76. The van der Waals surface area contributed by atoms with Crippen molar-refractivity contribution in [3.63, 3.8) is 0 Å². The minimum atomic E-state index is -0.512. The Bertz CT molecular complexity index is 843. The molecule has 2 aromatic carbocycles. The molecule has 1 heterocycles. The minimum Gasteiger partial charge on any atom is -0.506 e. The Morgan fingerprint density at radius 1 is 1.14 bits per heavy atom. The number of aliphatic hydroxyl groups is 1. The fourth-order valence-corrected chi connectivity index (χ4v) is 1.95. The number of nitro groups is 1. The molecule has 0 amide bonds. The van der Waals surface area contributed by atoms with Gasteiger partial charge in [-0.15, -0.1) is 15.0 Å². The van der Waals surface area contributed by atoms with Crippen LogP contribution in [0.5, 0.6) is 5.75 Å². The molecule has 0 saturated heterocycles. The number of nitrogens with zero attached hydrogens (tertiary/aromatic N) is 4. The first kappa shape index (κ1) is 13.0. The number of hydrogen-bond acceptors (Lipinski definition) is 6. The third kappa shape index (κ3) is 2.28. The summed E-state index contributed by atoms with van der Waals surface area (Å²) in [4.78, 5) is 11.4. The van der Waals surface area contributed by atoms with Gasteiger partial charge in [-0.2, -0.15) is 0 Å². The van der Waals surface area contributed by atoms with Crippen LogP contribution in [-0.2, 0) is 6.61 Å². The SMILES string of the molecule is O=[N+]([O-])c1ccc2nn(-c3cc(CO)ccc3O)nc2c1. The number of benzene rings is 2. The van der Waals surface area contributed by atoms with Crippen molar-refractivity contribution in [2.24, 2.45) is 0 Å². The van der Waals surface area contributed by atoms with Crippen molar-refractivity contribution in [2.45, 2.75) is 6.61 Å². The van der Waals surface area contributed by atoms with Crippen LogP contribution in [0.15, 0.2) is 36.4 Å². The van der Waals surface area contributed by atoms with Crippen molar-refractivity contribution in [3.05, 3.63) is 52.1 Å². The standard InChI is InChI=1S/C13H10N4O4/c18-7-8-1-4-13(19)12(5-8)16-14-10-3-2-9(17(20)21)6-11(10)15-16/h1-6,18-19H,7H2. The third-order valence-corrected chi connectivity index (χ3v) is 3.01. The van der Waals surface area contributed by atoms with Gasteiger partial charge in [-0.25, -0.2) is 0 Å². The Morgan fingerprint density at radius 2 is 1.90 bits per heavy atom. The molecule has 0 unspecified atom stereocenters. The third-order valence-electron chi connectivity index (χ3n) is 3.01. The van der Waals surface area contributed by atoms with Crippen LogP contribution in [-0.4, -0.2) is 30.1 Å². The summed E-state index contributed by atoms with van der Waals surface area (Å²) in [6, 6.07) is 8.69. The highest BCUT2D eigenvalue weighted by Gasteiger charge is 2.13. The van der Waals surface area contributed by atoms with E-state index < -0.39 is 4.92 Å². The Kier molecular flexibility index (Phi) is 2.99.